The number of carboxylic acids is 1. The number of hydrogen-bond donors (Lipinski definition) is 2. The number of benzene rings is 2. The first-order chi connectivity index (χ1) is 11.6. The predicted octanol–water partition coefficient (Wildman–Crippen LogP) is 3.45. The molecule has 0 bridgehead atoms. The zero-order valence-corrected chi connectivity index (χ0v) is 13.9. The Morgan fingerprint density at radius 1 is 1.04 bits per heavy atom. The van der Waals surface area contributed by atoms with Crippen LogP contribution in [0.3, 0.4) is 0 Å². The SMILES string of the molecule is CCC(Cc1ccccc1)NC(=O)CCc1ccccc1C(=O)O. The van der Waals surface area contributed by atoms with E-state index in [1.807, 2.05) is 25.1 Å². The fourth-order valence-electron chi connectivity index (χ4n) is 2.69. The normalized spacial score (nSPS) is 11.7. The minimum Gasteiger partial charge on any atom is -0.478 e. The highest BCUT2D eigenvalue weighted by molar-refractivity contribution is 5.89. The third-order valence-electron chi connectivity index (χ3n) is 4.05. The summed E-state index contributed by atoms with van der Waals surface area (Å²) in [5, 5.41) is 12.2. The summed E-state index contributed by atoms with van der Waals surface area (Å²) in [5.41, 5.74) is 2.15. The molecule has 0 heterocycles. The summed E-state index contributed by atoms with van der Waals surface area (Å²) in [6, 6.07) is 17.0. The third-order valence-corrected chi connectivity index (χ3v) is 4.05. The van der Waals surface area contributed by atoms with Gasteiger partial charge in [0.25, 0.3) is 0 Å². The standard InChI is InChI=1S/C20H23NO3/c1-2-17(14-15-8-4-3-5-9-15)21-19(22)13-12-16-10-6-7-11-18(16)20(23)24/h3-11,17H,2,12-14H2,1H3,(H,21,22)(H,23,24). The summed E-state index contributed by atoms with van der Waals surface area (Å²) in [5.74, 6) is -1.00. The quantitative estimate of drug-likeness (QED) is 0.781. The minimum atomic E-state index is -0.957. The van der Waals surface area contributed by atoms with Gasteiger partial charge >= 0.3 is 5.97 Å². The molecule has 0 radical (unpaired) electrons. The lowest BCUT2D eigenvalue weighted by Crippen LogP contribution is -2.36. The van der Waals surface area contributed by atoms with Crippen molar-refractivity contribution in [3.8, 4) is 0 Å². The second-order valence-corrected chi connectivity index (χ2v) is 5.82. The highest BCUT2D eigenvalue weighted by atomic mass is 16.4. The number of hydrogen-bond acceptors (Lipinski definition) is 2. The molecular weight excluding hydrogens is 302 g/mol. The van der Waals surface area contributed by atoms with Crippen LogP contribution >= 0.6 is 0 Å². The van der Waals surface area contributed by atoms with E-state index in [-0.39, 0.29) is 23.9 Å². The van der Waals surface area contributed by atoms with E-state index in [1.165, 1.54) is 5.56 Å². The third kappa shape index (κ3) is 5.23. The van der Waals surface area contributed by atoms with Crippen molar-refractivity contribution < 1.29 is 14.7 Å². The van der Waals surface area contributed by atoms with Crippen LogP contribution in [-0.4, -0.2) is 23.0 Å². The number of carboxylic acid groups (broad SMARTS) is 1. The molecule has 4 heteroatoms. The van der Waals surface area contributed by atoms with E-state index in [2.05, 4.69) is 17.4 Å². The van der Waals surface area contributed by atoms with Gasteiger partial charge in [0.05, 0.1) is 5.56 Å². The maximum atomic E-state index is 12.2. The Balaban J connectivity index is 1.89. The second kappa shape index (κ2) is 8.87. The number of nitrogens with one attached hydrogen (secondary N) is 1. The molecule has 126 valence electrons. The van der Waals surface area contributed by atoms with Crippen molar-refractivity contribution in [2.75, 3.05) is 0 Å². The van der Waals surface area contributed by atoms with Gasteiger partial charge in [-0.2, -0.15) is 0 Å². The zero-order valence-electron chi connectivity index (χ0n) is 13.9. The highest BCUT2D eigenvalue weighted by Crippen LogP contribution is 2.12. The van der Waals surface area contributed by atoms with Gasteiger partial charge in [0, 0.05) is 12.5 Å². The maximum absolute atomic E-state index is 12.2. The van der Waals surface area contributed by atoms with E-state index in [0.29, 0.717) is 12.0 Å². The van der Waals surface area contributed by atoms with Crippen LogP contribution in [0.5, 0.6) is 0 Å². The van der Waals surface area contributed by atoms with Crippen molar-refractivity contribution in [1.82, 2.24) is 5.32 Å². The van der Waals surface area contributed by atoms with Gasteiger partial charge in [-0.1, -0.05) is 55.5 Å². The van der Waals surface area contributed by atoms with Gasteiger partial charge in [0.1, 0.15) is 0 Å². The van der Waals surface area contributed by atoms with Crippen molar-refractivity contribution in [2.45, 2.75) is 38.6 Å². The molecule has 0 spiro atoms. The lowest BCUT2D eigenvalue weighted by atomic mass is 10.0. The number of carbonyl (C=O) groups is 2. The first-order valence-corrected chi connectivity index (χ1v) is 8.24. The minimum absolute atomic E-state index is 0.0435. The molecule has 0 aromatic heterocycles. The fraction of sp³-hybridized carbons (Fsp3) is 0.300. The number of aromatic carboxylic acids is 1. The van der Waals surface area contributed by atoms with Crippen molar-refractivity contribution >= 4 is 11.9 Å². The first kappa shape index (κ1) is 17.7. The van der Waals surface area contributed by atoms with Crippen LogP contribution in [0.25, 0.3) is 0 Å². The largest absolute Gasteiger partial charge is 0.478 e. The summed E-state index contributed by atoms with van der Waals surface area (Å²) in [4.78, 5) is 23.4. The molecule has 2 aromatic rings. The zero-order chi connectivity index (χ0) is 17.4. The molecule has 2 N–H and O–H groups in total. The Hall–Kier alpha value is -2.62. The molecule has 1 atom stereocenters. The smallest absolute Gasteiger partial charge is 0.335 e. The average molecular weight is 325 g/mol. The van der Waals surface area contributed by atoms with Crippen molar-refractivity contribution in [3.05, 3.63) is 71.3 Å². The van der Waals surface area contributed by atoms with Gasteiger partial charge in [-0.15, -0.1) is 0 Å². The molecule has 0 fully saturated rings. The lowest BCUT2D eigenvalue weighted by molar-refractivity contribution is -0.121. The molecule has 24 heavy (non-hydrogen) atoms. The Labute approximate surface area is 142 Å². The van der Waals surface area contributed by atoms with Crippen molar-refractivity contribution in [3.63, 3.8) is 0 Å². The summed E-state index contributed by atoms with van der Waals surface area (Å²) in [7, 11) is 0. The first-order valence-electron chi connectivity index (χ1n) is 8.24. The van der Waals surface area contributed by atoms with Crippen LogP contribution in [0.15, 0.2) is 54.6 Å². The van der Waals surface area contributed by atoms with Crippen LogP contribution in [0.4, 0.5) is 0 Å². The fourth-order valence-corrected chi connectivity index (χ4v) is 2.69. The van der Waals surface area contributed by atoms with Gasteiger partial charge in [0.2, 0.25) is 5.91 Å². The van der Waals surface area contributed by atoms with Crippen LogP contribution in [0, 0.1) is 0 Å². The molecule has 0 saturated heterocycles. The predicted molar refractivity (Wildman–Crippen MR) is 94.1 cm³/mol. The molecule has 0 saturated carbocycles. The van der Waals surface area contributed by atoms with Crippen LogP contribution in [0.1, 0.15) is 41.3 Å². The van der Waals surface area contributed by atoms with Gasteiger partial charge in [0.15, 0.2) is 0 Å². The maximum Gasteiger partial charge on any atom is 0.335 e. The molecule has 1 unspecified atom stereocenters. The molecule has 2 aromatic carbocycles. The average Bonchev–Trinajstić information content (AvgIpc) is 2.60. The molecule has 4 nitrogen and oxygen atoms in total. The summed E-state index contributed by atoms with van der Waals surface area (Å²) in [6.45, 7) is 2.05. The van der Waals surface area contributed by atoms with Crippen LogP contribution < -0.4 is 5.32 Å². The summed E-state index contributed by atoms with van der Waals surface area (Å²) >= 11 is 0. The van der Waals surface area contributed by atoms with E-state index in [0.717, 1.165) is 12.8 Å². The monoisotopic (exact) mass is 325 g/mol. The van der Waals surface area contributed by atoms with E-state index in [1.54, 1.807) is 24.3 Å². The van der Waals surface area contributed by atoms with E-state index < -0.39 is 5.97 Å². The Morgan fingerprint density at radius 2 is 1.71 bits per heavy atom. The molecule has 1 amide bonds. The molecule has 0 aliphatic heterocycles. The topological polar surface area (TPSA) is 66.4 Å². The summed E-state index contributed by atoms with van der Waals surface area (Å²) in [6.07, 6.45) is 2.37. The van der Waals surface area contributed by atoms with E-state index >= 15 is 0 Å². The highest BCUT2D eigenvalue weighted by Gasteiger charge is 2.13. The summed E-state index contributed by atoms with van der Waals surface area (Å²) < 4.78 is 0. The molecule has 2 rings (SSSR count). The van der Waals surface area contributed by atoms with Gasteiger partial charge in [-0.05, 0) is 36.5 Å². The van der Waals surface area contributed by atoms with Crippen LogP contribution in [-0.2, 0) is 17.6 Å². The second-order valence-electron chi connectivity index (χ2n) is 5.82. The van der Waals surface area contributed by atoms with Gasteiger partial charge in [-0.3, -0.25) is 4.79 Å². The lowest BCUT2D eigenvalue weighted by Gasteiger charge is -2.17. The van der Waals surface area contributed by atoms with Crippen molar-refractivity contribution in [1.29, 1.82) is 0 Å². The van der Waals surface area contributed by atoms with E-state index in [9.17, 15) is 14.7 Å². The number of amides is 1. The molecule has 0 aliphatic carbocycles. The number of carbonyl (C=O) groups excluding carboxylic acids is 1. The Morgan fingerprint density at radius 3 is 2.38 bits per heavy atom. The molecule has 0 aliphatic rings. The number of aryl methyl sites for hydroxylation is 1. The van der Waals surface area contributed by atoms with Crippen LogP contribution in [0.2, 0.25) is 0 Å². The Bertz CT molecular complexity index is 682. The molecular formula is C20H23NO3. The number of rotatable bonds is 8. The van der Waals surface area contributed by atoms with Crippen molar-refractivity contribution in [2.24, 2.45) is 0 Å². The van der Waals surface area contributed by atoms with E-state index in [4.69, 9.17) is 0 Å². The Kier molecular flexibility index (Phi) is 6.55. The van der Waals surface area contributed by atoms with Gasteiger partial charge < -0.3 is 10.4 Å². The van der Waals surface area contributed by atoms with Gasteiger partial charge in [-0.25, -0.2) is 4.79 Å².